The number of aliphatic hydroxyl groups is 1. The van der Waals surface area contributed by atoms with Crippen molar-refractivity contribution in [2.45, 2.75) is 37.9 Å². The Morgan fingerprint density at radius 3 is 2.50 bits per heavy atom. The molecule has 0 amide bonds. The number of hydrogen-bond donors (Lipinski definition) is 1. The maximum absolute atomic E-state index is 13.5. The van der Waals surface area contributed by atoms with Crippen molar-refractivity contribution >= 4 is 6.08 Å². The lowest BCUT2D eigenvalue weighted by Crippen LogP contribution is -2.46. The van der Waals surface area contributed by atoms with E-state index in [0.29, 0.717) is 30.6 Å². The molecule has 3 aromatic rings. The lowest BCUT2D eigenvalue weighted by Gasteiger charge is -2.37. The van der Waals surface area contributed by atoms with E-state index in [4.69, 9.17) is 0 Å². The van der Waals surface area contributed by atoms with Gasteiger partial charge in [0.1, 0.15) is 0 Å². The number of allylic oxidation sites excluding steroid dienone is 1. The topological polar surface area (TPSA) is 36.4 Å². The van der Waals surface area contributed by atoms with Crippen molar-refractivity contribution in [2.75, 3.05) is 19.8 Å². The zero-order valence-corrected chi connectivity index (χ0v) is 19.7. The predicted molar refractivity (Wildman–Crippen MR) is 130 cm³/mol. The summed E-state index contributed by atoms with van der Waals surface area (Å²) in [6, 6.07) is 12.3. The Balaban J connectivity index is 1.40. The Morgan fingerprint density at radius 2 is 1.78 bits per heavy atom. The maximum atomic E-state index is 13.5. The Morgan fingerprint density at radius 1 is 1.00 bits per heavy atom. The fraction of sp³-hybridized carbons (Fsp3) is 0.345. The Bertz CT molecular complexity index is 1340. The van der Waals surface area contributed by atoms with Crippen LogP contribution in [0.4, 0.5) is 17.6 Å². The number of fused-ring (bicyclic) bond motifs is 5. The van der Waals surface area contributed by atoms with Gasteiger partial charge in [0, 0.05) is 55.7 Å². The summed E-state index contributed by atoms with van der Waals surface area (Å²) in [4.78, 5) is 6.78. The molecule has 0 spiro atoms. The van der Waals surface area contributed by atoms with Crippen LogP contribution in [0.15, 0.2) is 54.4 Å². The van der Waals surface area contributed by atoms with Gasteiger partial charge < -0.3 is 5.11 Å². The van der Waals surface area contributed by atoms with E-state index in [2.05, 4.69) is 34.1 Å². The first kappa shape index (κ1) is 23.2. The van der Waals surface area contributed by atoms with Gasteiger partial charge in [-0.25, -0.2) is 0 Å². The highest BCUT2D eigenvalue weighted by molar-refractivity contribution is 5.78. The van der Waals surface area contributed by atoms with Crippen molar-refractivity contribution < 1.29 is 22.7 Å². The van der Waals surface area contributed by atoms with E-state index >= 15 is 0 Å². The molecule has 1 fully saturated rings. The van der Waals surface area contributed by atoms with Crippen molar-refractivity contribution in [3.63, 3.8) is 0 Å². The van der Waals surface area contributed by atoms with Gasteiger partial charge in [-0.15, -0.1) is 0 Å². The van der Waals surface area contributed by atoms with Crippen LogP contribution in [-0.4, -0.2) is 34.8 Å². The Kier molecular flexibility index (Phi) is 5.63. The van der Waals surface area contributed by atoms with Crippen molar-refractivity contribution in [1.29, 1.82) is 0 Å². The van der Waals surface area contributed by atoms with E-state index < -0.39 is 11.7 Å². The monoisotopic (exact) mass is 494 g/mol. The number of likely N-dealkylation sites (tertiary alicyclic amines) is 1. The van der Waals surface area contributed by atoms with Gasteiger partial charge in [0.05, 0.1) is 23.7 Å². The van der Waals surface area contributed by atoms with Crippen LogP contribution in [0.5, 0.6) is 0 Å². The van der Waals surface area contributed by atoms with Crippen molar-refractivity contribution in [1.82, 2.24) is 9.88 Å². The maximum Gasteiger partial charge on any atom is 0.416 e. The molecule has 1 saturated heterocycles. The normalized spacial score (nSPS) is 19.7. The summed E-state index contributed by atoms with van der Waals surface area (Å²) < 4.78 is 53.3. The highest BCUT2D eigenvalue weighted by Gasteiger charge is 2.35. The lowest BCUT2D eigenvalue weighted by atomic mass is 9.72. The predicted octanol–water partition coefficient (Wildman–Crippen LogP) is 6.70. The summed E-state index contributed by atoms with van der Waals surface area (Å²) in [5.41, 5.74) is 6.75. The van der Waals surface area contributed by atoms with E-state index in [0.717, 1.165) is 64.8 Å². The first-order chi connectivity index (χ1) is 17.3. The second-order valence-corrected chi connectivity index (χ2v) is 10.2. The van der Waals surface area contributed by atoms with Gasteiger partial charge in [0.15, 0.2) is 0 Å². The molecular weight excluding hydrogens is 468 g/mol. The number of aromatic nitrogens is 1. The number of rotatable bonds is 4. The molecule has 0 bridgehead atoms. The number of aliphatic hydroxyl groups excluding tert-OH is 1. The molecule has 1 N–H and O–H groups in total. The van der Waals surface area contributed by atoms with Gasteiger partial charge >= 0.3 is 6.18 Å². The van der Waals surface area contributed by atoms with Gasteiger partial charge in [0.2, 0.25) is 0 Å². The molecule has 2 aromatic carbocycles. The van der Waals surface area contributed by atoms with Crippen LogP contribution >= 0.6 is 0 Å². The summed E-state index contributed by atoms with van der Waals surface area (Å²) in [7, 11) is 0. The minimum atomic E-state index is -4.40. The molecule has 0 saturated carbocycles. The molecule has 1 unspecified atom stereocenters. The second kappa shape index (κ2) is 8.73. The van der Waals surface area contributed by atoms with Gasteiger partial charge in [-0.2, -0.15) is 13.2 Å². The minimum absolute atomic E-state index is 0.115. The van der Waals surface area contributed by atoms with Crippen LogP contribution < -0.4 is 0 Å². The molecule has 2 heterocycles. The van der Waals surface area contributed by atoms with Crippen molar-refractivity contribution in [2.24, 2.45) is 5.92 Å². The molecule has 1 atom stereocenters. The molecule has 1 aliphatic heterocycles. The number of pyridine rings is 1. The highest BCUT2D eigenvalue weighted by Crippen LogP contribution is 2.47. The fourth-order valence-electron chi connectivity index (χ4n) is 5.89. The largest absolute Gasteiger partial charge is 0.512 e. The van der Waals surface area contributed by atoms with Crippen LogP contribution in [0, 0.1) is 5.92 Å². The SMILES string of the molecule is OC1=Cc2ncc3c(c2CC1)C(c1ccc(CN2CC(CF)C2)cc1)Cc1cc(C(F)(F)F)ccc1-3. The van der Waals surface area contributed by atoms with E-state index in [1.165, 1.54) is 6.07 Å². The zero-order chi connectivity index (χ0) is 25.0. The molecule has 1 aromatic heterocycles. The van der Waals surface area contributed by atoms with Gasteiger partial charge in [-0.3, -0.25) is 14.3 Å². The molecule has 7 heteroatoms. The summed E-state index contributed by atoms with van der Waals surface area (Å²) >= 11 is 0. The number of benzene rings is 2. The molecular formula is C29H26F4N2O. The first-order valence-electron chi connectivity index (χ1n) is 12.3. The van der Waals surface area contributed by atoms with Crippen LogP contribution in [0.3, 0.4) is 0 Å². The third-order valence-electron chi connectivity index (χ3n) is 7.73. The summed E-state index contributed by atoms with van der Waals surface area (Å²) in [6.45, 7) is 2.03. The molecule has 3 aliphatic rings. The van der Waals surface area contributed by atoms with E-state index in [9.17, 15) is 22.7 Å². The van der Waals surface area contributed by atoms with E-state index in [-0.39, 0.29) is 18.5 Å². The molecule has 6 rings (SSSR count). The van der Waals surface area contributed by atoms with Gasteiger partial charge in [0.25, 0.3) is 0 Å². The van der Waals surface area contributed by atoms with Crippen LogP contribution in [-0.2, 0) is 25.6 Å². The van der Waals surface area contributed by atoms with E-state index in [1.807, 2.05) is 0 Å². The van der Waals surface area contributed by atoms with Gasteiger partial charge in [-0.1, -0.05) is 30.3 Å². The quantitative estimate of drug-likeness (QED) is 0.410. The van der Waals surface area contributed by atoms with E-state index in [1.54, 1.807) is 18.3 Å². The van der Waals surface area contributed by atoms with Gasteiger partial charge in [-0.05, 0) is 58.4 Å². The molecule has 2 aliphatic carbocycles. The molecule has 186 valence electrons. The number of halogens is 4. The van der Waals surface area contributed by atoms with Crippen molar-refractivity contribution in [3.8, 4) is 11.1 Å². The fourth-order valence-corrected chi connectivity index (χ4v) is 5.89. The second-order valence-electron chi connectivity index (χ2n) is 10.2. The number of nitrogens with zero attached hydrogens (tertiary/aromatic N) is 2. The average Bonchev–Trinajstić information content (AvgIpc) is 2.84. The van der Waals surface area contributed by atoms with Crippen LogP contribution in [0.25, 0.3) is 17.2 Å². The number of hydrogen-bond acceptors (Lipinski definition) is 3. The van der Waals surface area contributed by atoms with Crippen LogP contribution in [0.1, 0.15) is 51.4 Å². The zero-order valence-electron chi connectivity index (χ0n) is 19.7. The summed E-state index contributed by atoms with van der Waals surface area (Å²) in [5.74, 6) is 0.316. The van der Waals surface area contributed by atoms with Crippen molar-refractivity contribution in [3.05, 3.63) is 93.5 Å². The Hall–Kier alpha value is -3.19. The lowest BCUT2D eigenvalue weighted by molar-refractivity contribution is -0.137. The molecule has 3 nitrogen and oxygen atoms in total. The third-order valence-corrected chi connectivity index (χ3v) is 7.73. The summed E-state index contributed by atoms with van der Waals surface area (Å²) in [5, 5.41) is 10.1. The summed E-state index contributed by atoms with van der Waals surface area (Å²) in [6.07, 6.45) is 0.652. The highest BCUT2D eigenvalue weighted by atomic mass is 19.4. The average molecular weight is 495 g/mol. The molecule has 0 radical (unpaired) electrons. The van der Waals surface area contributed by atoms with Crippen LogP contribution in [0.2, 0.25) is 0 Å². The third kappa shape index (κ3) is 4.09. The smallest absolute Gasteiger partial charge is 0.416 e. The number of alkyl halides is 4. The standard InChI is InChI=1S/C29H26F4N2O/c30-12-18-15-35(16-18)14-17-1-3-19(4-2-17)25-10-20-9-21(29(31,32)33)5-7-23(20)26-13-34-27-11-22(36)6-8-24(27)28(25)26/h1-5,7,9,11,13,18,25,36H,6,8,10,12,14-16H2. The minimum Gasteiger partial charge on any atom is -0.512 e. The molecule has 36 heavy (non-hydrogen) atoms. The Labute approximate surface area is 207 Å². The first-order valence-corrected chi connectivity index (χ1v) is 12.3.